The molecule has 86 valence electrons. The molecule has 4 N–H and O–H groups in total. The Labute approximate surface area is 89.0 Å². The number of carbonyl (C=O) groups is 2. The summed E-state index contributed by atoms with van der Waals surface area (Å²) < 4.78 is 0. The molecule has 0 radical (unpaired) electrons. The molecule has 1 saturated carbocycles. The van der Waals surface area contributed by atoms with E-state index < -0.39 is 11.4 Å². The van der Waals surface area contributed by atoms with E-state index in [9.17, 15) is 9.59 Å². The van der Waals surface area contributed by atoms with Gasteiger partial charge in [-0.05, 0) is 26.7 Å². The largest absolute Gasteiger partial charge is 0.481 e. The topological polar surface area (TPSA) is 92.4 Å². The van der Waals surface area contributed by atoms with Gasteiger partial charge in [0, 0.05) is 12.6 Å². The van der Waals surface area contributed by atoms with Crippen molar-refractivity contribution in [3.05, 3.63) is 0 Å². The molecule has 1 aliphatic rings. The van der Waals surface area contributed by atoms with Crippen molar-refractivity contribution in [2.75, 3.05) is 6.54 Å². The minimum Gasteiger partial charge on any atom is -0.481 e. The maximum absolute atomic E-state index is 11.0. The van der Waals surface area contributed by atoms with Crippen LogP contribution in [0.5, 0.6) is 0 Å². The van der Waals surface area contributed by atoms with Crippen molar-refractivity contribution >= 4 is 11.9 Å². The van der Waals surface area contributed by atoms with Crippen LogP contribution in [0.15, 0.2) is 0 Å². The third-order valence-electron chi connectivity index (χ3n) is 3.06. The van der Waals surface area contributed by atoms with E-state index in [1.807, 2.05) is 0 Å². The number of rotatable bonds is 5. The van der Waals surface area contributed by atoms with Crippen LogP contribution in [0.25, 0.3) is 0 Å². The van der Waals surface area contributed by atoms with Crippen molar-refractivity contribution in [3.63, 3.8) is 0 Å². The Morgan fingerprint density at radius 3 is 2.40 bits per heavy atom. The summed E-state index contributed by atoms with van der Waals surface area (Å²) in [5.74, 6) is -1.45. The predicted octanol–water partition coefficient (Wildman–Crippen LogP) is -0.0493. The smallest absolute Gasteiger partial charge is 0.308 e. The molecule has 0 saturated heterocycles. The average molecular weight is 214 g/mol. The van der Waals surface area contributed by atoms with E-state index in [-0.39, 0.29) is 17.9 Å². The van der Waals surface area contributed by atoms with Crippen molar-refractivity contribution in [2.24, 2.45) is 17.1 Å². The van der Waals surface area contributed by atoms with Crippen LogP contribution in [0.1, 0.15) is 26.7 Å². The fraction of sp³-hybridized carbons (Fsp3) is 0.800. The second-order valence-electron chi connectivity index (χ2n) is 4.76. The Balaban J connectivity index is 2.38. The molecule has 1 aliphatic carbocycles. The van der Waals surface area contributed by atoms with E-state index in [0.29, 0.717) is 13.0 Å². The molecule has 2 atom stereocenters. The monoisotopic (exact) mass is 214 g/mol. The average Bonchev–Trinajstić information content (AvgIpc) is 2.00. The number of aliphatic carboxylic acids is 1. The third kappa shape index (κ3) is 2.68. The van der Waals surface area contributed by atoms with Crippen molar-refractivity contribution in [1.82, 2.24) is 5.32 Å². The van der Waals surface area contributed by atoms with Crippen LogP contribution >= 0.6 is 0 Å². The van der Waals surface area contributed by atoms with Gasteiger partial charge in [0.15, 0.2) is 0 Å². The lowest BCUT2D eigenvalue weighted by Gasteiger charge is -2.36. The van der Waals surface area contributed by atoms with E-state index in [4.69, 9.17) is 10.8 Å². The Bertz CT molecular complexity index is 276. The van der Waals surface area contributed by atoms with Gasteiger partial charge in [0.1, 0.15) is 0 Å². The molecule has 0 spiro atoms. The van der Waals surface area contributed by atoms with E-state index in [2.05, 4.69) is 5.32 Å². The summed E-state index contributed by atoms with van der Waals surface area (Å²) in [6, 6.07) is -0.0128. The van der Waals surface area contributed by atoms with Gasteiger partial charge in [0.25, 0.3) is 0 Å². The van der Waals surface area contributed by atoms with E-state index >= 15 is 0 Å². The fourth-order valence-corrected chi connectivity index (χ4v) is 1.51. The van der Waals surface area contributed by atoms with E-state index in [1.165, 1.54) is 0 Å². The van der Waals surface area contributed by atoms with Crippen LogP contribution in [0.2, 0.25) is 0 Å². The summed E-state index contributed by atoms with van der Waals surface area (Å²) in [7, 11) is 0. The lowest BCUT2D eigenvalue weighted by Crippen LogP contribution is -2.52. The molecule has 1 fully saturated rings. The molecule has 0 aromatic rings. The quantitative estimate of drug-likeness (QED) is 0.598. The van der Waals surface area contributed by atoms with Crippen molar-refractivity contribution in [3.8, 4) is 0 Å². The number of hydrogen-bond acceptors (Lipinski definition) is 3. The standard InChI is InChI=1S/C10H18N2O3/c1-10(2,9(11)15)5-12-7-4-3-6(7)8(13)14/h6-7,12H,3-5H2,1-2H3,(H2,11,15)(H,13,14). The van der Waals surface area contributed by atoms with Crippen LogP contribution in [0.4, 0.5) is 0 Å². The van der Waals surface area contributed by atoms with Gasteiger partial charge in [-0.15, -0.1) is 0 Å². The highest BCUT2D eigenvalue weighted by Crippen LogP contribution is 2.28. The number of carboxylic acids is 1. The van der Waals surface area contributed by atoms with Gasteiger partial charge in [-0.25, -0.2) is 0 Å². The van der Waals surface area contributed by atoms with Crippen LogP contribution in [-0.2, 0) is 9.59 Å². The number of amides is 1. The Kier molecular flexibility index (Phi) is 3.34. The van der Waals surface area contributed by atoms with E-state index in [1.54, 1.807) is 13.8 Å². The van der Waals surface area contributed by atoms with Crippen molar-refractivity contribution in [1.29, 1.82) is 0 Å². The predicted molar refractivity (Wildman–Crippen MR) is 55.1 cm³/mol. The molecule has 0 aromatic heterocycles. The van der Waals surface area contributed by atoms with Gasteiger partial charge >= 0.3 is 5.97 Å². The molecule has 5 heteroatoms. The van der Waals surface area contributed by atoms with Crippen LogP contribution in [0.3, 0.4) is 0 Å². The molecule has 5 nitrogen and oxygen atoms in total. The first-order valence-corrected chi connectivity index (χ1v) is 5.10. The normalized spacial score (nSPS) is 25.7. The Morgan fingerprint density at radius 1 is 1.47 bits per heavy atom. The van der Waals surface area contributed by atoms with Gasteiger partial charge in [-0.2, -0.15) is 0 Å². The highest BCUT2D eigenvalue weighted by Gasteiger charge is 2.37. The second-order valence-corrected chi connectivity index (χ2v) is 4.76. The number of primary amides is 1. The first kappa shape index (κ1) is 12.0. The zero-order valence-corrected chi connectivity index (χ0v) is 9.12. The number of carboxylic acid groups (broad SMARTS) is 1. The Morgan fingerprint density at radius 2 is 2.07 bits per heavy atom. The summed E-state index contributed by atoms with van der Waals surface area (Å²) in [5.41, 5.74) is 4.59. The number of hydrogen-bond donors (Lipinski definition) is 3. The molecule has 15 heavy (non-hydrogen) atoms. The molecule has 0 aromatic carbocycles. The first-order valence-electron chi connectivity index (χ1n) is 5.10. The minimum absolute atomic E-state index is 0.0128. The minimum atomic E-state index is -0.768. The van der Waals surface area contributed by atoms with Gasteiger partial charge < -0.3 is 16.2 Å². The zero-order chi connectivity index (χ0) is 11.6. The number of carbonyl (C=O) groups excluding carboxylic acids is 1. The van der Waals surface area contributed by atoms with Gasteiger partial charge in [-0.3, -0.25) is 9.59 Å². The molecular weight excluding hydrogens is 196 g/mol. The van der Waals surface area contributed by atoms with Crippen molar-refractivity contribution in [2.45, 2.75) is 32.7 Å². The molecule has 0 bridgehead atoms. The maximum Gasteiger partial charge on any atom is 0.308 e. The highest BCUT2D eigenvalue weighted by molar-refractivity contribution is 5.80. The Hall–Kier alpha value is -1.10. The zero-order valence-electron chi connectivity index (χ0n) is 9.12. The second kappa shape index (κ2) is 4.18. The molecule has 0 aliphatic heterocycles. The SMILES string of the molecule is CC(C)(CNC1CCC1C(=O)O)C(N)=O. The number of nitrogens with one attached hydrogen (secondary N) is 1. The van der Waals surface area contributed by atoms with Gasteiger partial charge in [-0.1, -0.05) is 0 Å². The highest BCUT2D eigenvalue weighted by atomic mass is 16.4. The van der Waals surface area contributed by atoms with Crippen molar-refractivity contribution < 1.29 is 14.7 Å². The lowest BCUT2D eigenvalue weighted by atomic mass is 9.79. The van der Waals surface area contributed by atoms with Gasteiger partial charge in [0.05, 0.1) is 11.3 Å². The molecule has 1 rings (SSSR count). The van der Waals surface area contributed by atoms with E-state index in [0.717, 1.165) is 6.42 Å². The summed E-state index contributed by atoms with van der Waals surface area (Å²) >= 11 is 0. The van der Waals surface area contributed by atoms with Crippen LogP contribution in [-0.4, -0.2) is 29.6 Å². The number of nitrogens with two attached hydrogens (primary N) is 1. The molecule has 0 heterocycles. The first-order chi connectivity index (χ1) is 6.84. The molecular formula is C10H18N2O3. The summed E-state index contributed by atoms with van der Waals surface area (Å²) in [6.07, 6.45) is 1.57. The molecule has 2 unspecified atom stereocenters. The summed E-state index contributed by atoms with van der Waals surface area (Å²) in [5, 5.41) is 11.9. The third-order valence-corrected chi connectivity index (χ3v) is 3.06. The maximum atomic E-state index is 11.0. The molecule has 1 amide bonds. The van der Waals surface area contributed by atoms with Crippen LogP contribution < -0.4 is 11.1 Å². The van der Waals surface area contributed by atoms with Gasteiger partial charge in [0.2, 0.25) is 5.91 Å². The summed E-state index contributed by atoms with van der Waals surface area (Å²) in [6.45, 7) is 3.92. The lowest BCUT2D eigenvalue weighted by molar-refractivity contribution is -0.146. The summed E-state index contributed by atoms with van der Waals surface area (Å²) in [4.78, 5) is 21.7. The van der Waals surface area contributed by atoms with Crippen LogP contribution in [0, 0.1) is 11.3 Å². The fourth-order valence-electron chi connectivity index (χ4n) is 1.51.